The number of thioether (sulfide) groups is 1. The van der Waals surface area contributed by atoms with Gasteiger partial charge in [-0.3, -0.25) is 24.1 Å². The first-order chi connectivity index (χ1) is 24.0. The van der Waals surface area contributed by atoms with Crippen molar-refractivity contribution < 1.29 is 78.2 Å². The Hall–Kier alpha value is -3.95. The number of quaternary nitrogens is 1. The van der Waals surface area contributed by atoms with Crippen LogP contribution in [-0.4, -0.2) is 115 Å². The summed E-state index contributed by atoms with van der Waals surface area (Å²) in [6, 6.07) is -0.0786. The summed E-state index contributed by atoms with van der Waals surface area (Å²) in [7, 11) is 0. The average Bonchev–Trinajstić information content (AvgIpc) is 3.53. The van der Waals surface area contributed by atoms with Crippen LogP contribution in [0.3, 0.4) is 0 Å². The van der Waals surface area contributed by atoms with Gasteiger partial charge < -0.3 is 55.6 Å². The van der Waals surface area contributed by atoms with E-state index in [0.717, 1.165) is 67.4 Å². The second-order valence-corrected chi connectivity index (χ2v) is 15.7. The van der Waals surface area contributed by atoms with E-state index < -0.39 is 63.6 Å². The van der Waals surface area contributed by atoms with Gasteiger partial charge in [-0.1, -0.05) is 5.16 Å². The minimum absolute atomic E-state index is 0. The number of aromatic nitrogens is 2. The van der Waals surface area contributed by atoms with Crippen molar-refractivity contribution >= 4 is 63.6 Å². The van der Waals surface area contributed by atoms with Gasteiger partial charge in [0.05, 0.1) is 37.3 Å². The first kappa shape index (κ1) is 39.3. The Balaban J connectivity index is 0.00000523. The molecule has 52 heavy (non-hydrogen) atoms. The van der Waals surface area contributed by atoms with Crippen molar-refractivity contribution in [2.75, 3.05) is 44.2 Å². The van der Waals surface area contributed by atoms with Gasteiger partial charge in [0.1, 0.15) is 29.3 Å². The van der Waals surface area contributed by atoms with E-state index in [9.17, 15) is 44.1 Å². The van der Waals surface area contributed by atoms with E-state index in [4.69, 9.17) is 10.6 Å². The number of thiazole rings is 1. The quantitative estimate of drug-likeness (QED) is 0.0444. The molecule has 0 spiro atoms. The van der Waals surface area contributed by atoms with Crippen LogP contribution in [0.1, 0.15) is 49.3 Å². The van der Waals surface area contributed by atoms with Crippen molar-refractivity contribution in [2.45, 2.75) is 50.1 Å². The number of carbonyl (C=O) groups is 5. The Labute approximate surface area is 326 Å². The zero-order valence-corrected chi connectivity index (χ0v) is 32.2. The summed E-state index contributed by atoms with van der Waals surface area (Å²) < 4.78 is 0.624. The van der Waals surface area contributed by atoms with Crippen LogP contribution in [-0.2, 0) is 24.0 Å². The second-order valence-electron chi connectivity index (χ2n) is 13.7. The molecule has 5 aliphatic heterocycles. The number of nitrogens with zero attached hydrogens (tertiary/aromatic N) is 4. The molecule has 21 heteroatoms. The number of pyridine rings is 1. The fourth-order valence-corrected chi connectivity index (χ4v) is 8.68. The third-order valence-corrected chi connectivity index (χ3v) is 12.0. The summed E-state index contributed by atoms with van der Waals surface area (Å²) >= 11 is 2.30. The molecule has 18 nitrogen and oxygen atoms in total. The molecule has 6 N–H and O–H groups in total. The Kier molecular flexibility index (Phi) is 11.2. The number of hydrogen-bond acceptors (Lipinski definition) is 15. The second kappa shape index (κ2) is 14.8. The standard InChI is InChI=1S/C31H36N8O10S2.Na/c1-30(2,28(47)48)49-37-20(17-13-51-29(32)35-17)24(43)36-21-25(44)38-22(27(45)46)15(12-50-26(21)38)11-39-6-3-31(4-7-39,5-8-39)14-34-23(42)16-9-18(40)19(41)10-33-16;/h9-10,13,21,26H,3-8,11-12,14H2,1-2H3,(H7-,32,33,34,35,36,37,40,41,42,43,45,46,47,48);/q;+1/p-1/t21-,26-,31?,39?;/m1./s1. The fourth-order valence-electron chi connectivity index (χ4n) is 6.80. The molecule has 0 radical (unpaired) electrons. The smallest absolute Gasteiger partial charge is 0.546 e. The molecule has 7 rings (SSSR count). The number of aromatic amines is 1. The summed E-state index contributed by atoms with van der Waals surface area (Å²) in [6.45, 7) is 5.35. The van der Waals surface area contributed by atoms with Crippen LogP contribution in [0.2, 0.25) is 0 Å². The number of rotatable bonds is 12. The van der Waals surface area contributed by atoms with E-state index in [1.807, 2.05) is 0 Å². The minimum atomic E-state index is -1.90. The van der Waals surface area contributed by atoms with Crippen LogP contribution in [0.15, 0.2) is 38.9 Å². The van der Waals surface area contributed by atoms with Gasteiger partial charge in [-0.05, 0) is 13.8 Å². The fraction of sp³-hybridized carbons (Fsp3) is 0.484. The number of piperidine rings is 3. The number of carbonyl (C=O) groups excluding carboxylic acids is 5. The first-order valence-corrected chi connectivity index (χ1v) is 17.9. The van der Waals surface area contributed by atoms with Crippen LogP contribution in [0.5, 0.6) is 5.75 Å². The summed E-state index contributed by atoms with van der Waals surface area (Å²) in [6.07, 6.45) is 3.40. The molecule has 4 saturated heterocycles. The minimum Gasteiger partial charge on any atom is -0.546 e. The maximum atomic E-state index is 13.4. The van der Waals surface area contributed by atoms with E-state index in [0.29, 0.717) is 23.1 Å². The number of β-lactam (4-membered cyclic amide) rings is 1. The molecule has 2 bridgehead atoms. The van der Waals surface area contributed by atoms with Gasteiger partial charge in [-0.25, -0.2) is 4.98 Å². The number of amides is 3. The number of nitrogens with two attached hydrogens (primary N) is 1. The van der Waals surface area contributed by atoms with Crippen molar-refractivity contribution in [3.05, 3.63) is 50.5 Å². The predicted molar refractivity (Wildman–Crippen MR) is 177 cm³/mol. The number of aromatic hydroxyl groups is 1. The van der Waals surface area contributed by atoms with Gasteiger partial charge in [0.2, 0.25) is 5.43 Å². The number of nitrogens with one attached hydrogen (secondary N) is 3. The molecule has 0 aromatic carbocycles. The Morgan fingerprint density at radius 2 is 1.88 bits per heavy atom. The average molecular weight is 767 g/mol. The summed E-state index contributed by atoms with van der Waals surface area (Å²) in [5.74, 6) is -5.30. The van der Waals surface area contributed by atoms with Crippen LogP contribution in [0.4, 0.5) is 5.13 Å². The van der Waals surface area contributed by atoms with Crippen molar-refractivity contribution in [3.8, 4) is 5.75 Å². The molecule has 272 valence electrons. The number of anilines is 1. The largest absolute Gasteiger partial charge is 1.00 e. The summed E-state index contributed by atoms with van der Waals surface area (Å²) in [4.78, 5) is 88.0. The summed E-state index contributed by atoms with van der Waals surface area (Å²) in [5.41, 5.74) is 2.96. The Morgan fingerprint density at radius 3 is 2.46 bits per heavy atom. The number of H-pyrrole nitrogens is 1. The monoisotopic (exact) mass is 766 g/mol. The van der Waals surface area contributed by atoms with Gasteiger partial charge in [-0.2, -0.15) is 0 Å². The number of nitrogen functional groups attached to an aromatic ring is 1. The van der Waals surface area contributed by atoms with Crippen LogP contribution < -0.4 is 61.6 Å². The maximum absolute atomic E-state index is 13.4. The van der Waals surface area contributed by atoms with E-state index in [1.54, 1.807) is 0 Å². The molecule has 4 fully saturated rings. The van der Waals surface area contributed by atoms with Crippen molar-refractivity contribution in [3.63, 3.8) is 0 Å². The van der Waals surface area contributed by atoms with Crippen LogP contribution >= 0.6 is 23.1 Å². The molecule has 2 aromatic rings. The van der Waals surface area contributed by atoms with Gasteiger partial charge in [0.25, 0.3) is 17.7 Å². The zero-order valence-electron chi connectivity index (χ0n) is 28.6. The van der Waals surface area contributed by atoms with Gasteiger partial charge in [0, 0.05) is 60.2 Å². The third kappa shape index (κ3) is 7.58. The molecular formula is C31H35N8NaO10S2. The number of oxime groups is 1. The van der Waals surface area contributed by atoms with Crippen LogP contribution in [0, 0.1) is 5.41 Å². The maximum Gasteiger partial charge on any atom is 1.00 e. The summed E-state index contributed by atoms with van der Waals surface area (Å²) in [5, 5.41) is 43.3. The molecule has 2 atom stereocenters. The normalized spacial score (nSPS) is 25.4. The number of hydrogen-bond donors (Lipinski definition) is 5. The Morgan fingerprint density at radius 1 is 1.21 bits per heavy atom. The predicted octanol–water partition coefficient (Wildman–Crippen LogP) is -5.79. The topological polar surface area (TPSA) is 272 Å². The molecule has 2 aromatic heterocycles. The van der Waals surface area contributed by atoms with Crippen LogP contribution in [0.25, 0.3) is 0 Å². The first-order valence-electron chi connectivity index (χ1n) is 16.0. The van der Waals surface area contributed by atoms with Gasteiger partial charge in [0.15, 0.2) is 22.2 Å². The number of carboxylic acids is 2. The molecular weight excluding hydrogens is 732 g/mol. The molecule has 5 aliphatic rings. The van der Waals surface area contributed by atoms with E-state index >= 15 is 0 Å². The van der Waals surface area contributed by atoms with Gasteiger partial charge >= 0.3 is 29.6 Å². The SMILES string of the molecule is CC(C)(O/N=C(/C(=O)N[C@@H]1C(=O)N2C(C(=O)[O-])=C(C[N+]34CCC(CNC(=O)c5cc(=O)c(O)c[nH]5)(CC3)CC4)CS[C@H]12)c1csc(N)n1)C(=O)[O-].[Na+]. The van der Waals surface area contributed by atoms with E-state index in [2.05, 4.69) is 25.8 Å². The third-order valence-electron chi connectivity index (χ3n) is 10.0. The molecule has 0 aliphatic carbocycles. The van der Waals surface area contributed by atoms with Crippen molar-refractivity contribution in [1.29, 1.82) is 0 Å². The number of carboxylic acid groups (broad SMARTS) is 2. The zero-order chi connectivity index (χ0) is 36.9. The molecule has 7 heterocycles. The van der Waals surface area contributed by atoms with Crippen molar-refractivity contribution in [1.82, 2.24) is 25.5 Å². The van der Waals surface area contributed by atoms with E-state index in [1.165, 1.54) is 31.0 Å². The molecule has 0 unspecified atom stereocenters. The molecule has 0 saturated carbocycles. The van der Waals surface area contributed by atoms with Crippen molar-refractivity contribution in [2.24, 2.45) is 10.6 Å². The molecule has 3 amide bonds. The van der Waals surface area contributed by atoms with Gasteiger partial charge in [-0.15, -0.1) is 23.1 Å². The number of fused-ring (bicyclic) bond motifs is 4. The Bertz CT molecular complexity index is 1920. The van der Waals surface area contributed by atoms with E-state index in [-0.39, 0.29) is 62.9 Å². The number of aliphatic carboxylic acids is 2.